The van der Waals surface area contributed by atoms with Crippen molar-refractivity contribution in [3.63, 3.8) is 0 Å². The van der Waals surface area contributed by atoms with Crippen molar-refractivity contribution in [3.8, 4) is 0 Å². The molecule has 0 bridgehead atoms. The molecule has 0 aromatic carbocycles. The summed E-state index contributed by atoms with van der Waals surface area (Å²) in [5.74, 6) is -6.95. The molecule has 1 fully saturated rings. The van der Waals surface area contributed by atoms with Crippen LogP contribution in [0.25, 0.3) is 0 Å². The van der Waals surface area contributed by atoms with Gasteiger partial charge >= 0.3 is 32.7 Å². The molecule has 0 aromatic heterocycles. The maximum absolute atomic E-state index is 14.2. The predicted molar refractivity (Wildman–Crippen MR) is 87.6 cm³/mol. The third kappa shape index (κ3) is 4.91. The predicted octanol–water partition coefficient (Wildman–Crippen LogP) is 2.46. The van der Waals surface area contributed by atoms with Gasteiger partial charge in [-0.2, -0.15) is 52.2 Å². The summed E-state index contributed by atoms with van der Waals surface area (Å²) in [6.07, 6.45) is -5.92. The number of rotatable bonds is 8. The summed E-state index contributed by atoms with van der Waals surface area (Å²) in [7, 11) is -13.3. The lowest BCUT2D eigenvalue weighted by molar-refractivity contribution is -0.247. The van der Waals surface area contributed by atoms with Gasteiger partial charge in [0.25, 0.3) is 10.0 Å². The van der Waals surface area contributed by atoms with Crippen LogP contribution < -0.4 is 0 Å². The Balaban J connectivity index is 3.26. The second kappa shape index (κ2) is 8.49. The van der Waals surface area contributed by atoms with E-state index in [1.54, 1.807) is 0 Å². The van der Waals surface area contributed by atoms with E-state index in [4.69, 9.17) is 0 Å². The zero-order chi connectivity index (χ0) is 24.8. The molecule has 2 unspecified atom stereocenters. The summed E-state index contributed by atoms with van der Waals surface area (Å²) in [5, 5.41) is -13.2. The number of halogens is 9. The third-order valence-electron chi connectivity index (χ3n) is 4.65. The molecule has 0 N–H and O–H groups in total. The molecular formula is C13H19F9N2O5S2. The molecule has 7 nitrogen and oxygen atoms in total. The average molecular weight is 518 g/mol. The molecule has 0 aliphatic carbocycles. The Labute approximate surface area is 172 Å². The fourth-order valence-electron chi connectivity index (χ4n) is 2.96. The highest BCUT2D eigenvalue weighted by Crippen LogP contribution is 2.52. The van der Waals surface area contributed by atoms with Crippen LogP contribution >= 0.6 is 0 Å². The summed E-state index contributed by atoms with van der Waals surface area (Å²) in [6, 6.07) is -2.37. The molecule has 0 radical (unpaired) electrons. The van der Waals surface area contributed by atoms with E-state index in [0.29, 0.717) is 0 Å². The molecule has 0 saturated carbocycles. The Morgan fingerprint density at radius 3 is 1.61 bits per heavy atom. The third-order valence-corrected chi connectivity index (χ3v) is 7.86. The van der Waals surface area contributed by atoms with Crippen LogP contribution in [0.5, 0.6) is 0 Å². The molecule has 186 valence electrons. The Morgan fingerprint density at radius 2 is 1.26 bits per heavy atom. The van der Waals surface area contributed by atoms with Crippen molar-refractivity contribution in [1.29, 1.82) is 0 Å². The van der Waals surface area contributed by atoms with E-state index in [0.717, 1.165) is 18.7 Å². The molecule has 1 heterocycles. The van der Waals surface area contributed by atoms with Gasteiger partial charge in [-0.15, -0.1) is 0 Å². The van der Waals surface area contributed by atoms with Gasteiger partial charge in [0.1, 0.15) is 0 Å². The van der Waals surface area contributed by atoms with Crippen molar-refractivity contribution in [2.75, 3.05) is 26.7 Å². The van der Waals surface area contributed by atoms with Crippen molar-refractivity contribution in [2.24, 2.45) is 0 Å². The Bertz CT molecular complexity index is 849. The van der Waals surface area contributed by atoms with E-state index in [2.05, 4.69) is 4.18 Å². The first-order valence-electron chi connectivity index (χ1n) is 8.32. The number of sulfonamides is 1. The van der Waals surface area contributed by atoms with Crippen LogP contribution in [0, 0.1) is 0 Å². The highest BCUT2D eigenvalue weighted by molar-refractivity contribution is 7.90. The smallest absolute Gasteiger partial charge is 0.295 e. The fourth-order valence-corrected chi connectivity index (χ4v) is 5.27. The highest BCUT2D eigenvalue weighted by Gasteiger charge is 2.83. The maximum Gasteiger partial charge on any atom is 0.439 e. The number of nitrogens with zero attached hydrogens (tertiary/aromatic N) is 2. The van der Waals surface area contributed by atoms with Crippen LogP contribution in [-0.4, -0.2) is 87.5 Å². The first kappa shape index (κ1) is 28.2. The van der Waals surface area contributed by atoms with Gasteiger partial charge in [0.05, 0.1) is 13.5 Å². The summed E-state index contributed by atoms with van der Waals surface area (Å²) in [4.78, 5) is 1.08. The van der Waals surface area contributed by atoms with E-state index < -0.39 is 80.9 Å². The summed E-state index contributed by atoms with van der Waals surface area (Å²) < 4.78 is 170. The number of hydrogen-bond donors (Lipinski definition) is 0. The zero-order valence-corrected chi connectivity index (χ0v) is 17.8. The molecule has 1 rings (SSSR count). The van der Waals surface area contributed by atoms with Crippen LogP contribution in [0.4, 0.5) is 39.5 Å². The molecule has 1 saturated heterocycles. The quantitative estimate of drug-likeness (QED) is 0.363. The van der Waals surface area contributed by atoms with E-state index in [-0.39, 0.29) is 11.4 Å². The van der Waals surface area contributed by atoms with E-state index >= 15 is 0 Å². The highest BCUT2D eigenvalue weighted by atomic mass is 32.2. The maximum atomic E-state index is 14.2. The van der Waals surface area contributed by atoms with Crippen molar-refractivity contribution in [1.82, 2.24) is 9.21 Å². The van der Waals surface area contributed by atoms with Gasteiger partial charge in [0.15, 0.2) is 0 Å². The monoisotopic (exact) mass is 518 g/mol. The van der Waals surface area contributed by atoms with Crippen LogP contribution in [0.2, 0.25) is 0 Å². The largest absolute Gasteiger partial charge is 0.439 e. The minimum Gasteiger partial charge on any atom is -0.295 e. The minimum absolute atomic E-state index is 0.0184. The lowest BCUT2D eigenvalue weighted by atomic mass is 10.1. The van der Waals surface area contributed by atoms with E-state index in [1.165, 1.54) is 0 Å². The van der Waals surface area contributed by atoms with Crippen molar-refractivity contribution >= 4 is 20.1 Å². The molecule has 0 amide bonds. The molecule has 0 aromatic rings. The van der Waals surface area contributed by atoms with Gasteiger partial charge in [-0.25, -0.2) is 8.42 Å². The molecule has 0 spiro atoms. The van der Waals surface area contributed by atoms with Crippen molar-refractivity contribution < 1.29 is 60.5 Å². The SMILES string of the molecule is COS(=O)(=O)C(F)(F)C(F)(F)C(F)(F)S(=O)(=O)N1CC(C)N(CCC(F)(F)F)C(C)C1. The molecule has 2 atom stereocenters. The van der Waals surface area contributed by atoms with E-state index in [1.807, 2.05) is 0 Å². The van der Waals surface area contributed by atoms with Crippen molar-refractivity contribution in [2.45, 2.75) is 55.0 Å². The standard InChI is InChI=1S/C13H19F9N2O5S2/c1-8-6-23(7-9(2)24(8)5-4-10(14,15)16)30(25,26)12(19,20)11(17,18)13(21,22)31(27,28)29-3/h8-9H,4-7H2,1-3H3. The topological polar surface area (TPSA) is 84.0 Å². The van der Waals surface area contributed by atoms with Crippen LogP contribution in [-0.2, 0) is 24.3 Å². The second-order valence-electron chi connectivity index (χ2n) is 6.85. The van der Waals surface area contributed by atoms with Crippen molar-refractivity contribution in [3.05, 3.63) is 0 Å². The van der Waals surface area contributed by atoms with Gasteiger partial charge in [-0.05, 0) is 13.8 Å². The first-order valence-corrected chi connectivity index (χ1v) is 11.2. The van der Waals surface area contributed by atoms with Crippen LogP contribution in [0.3, 0.4) is 0 Å². The second-order valence-corrected chi connectivity index (χ2v) is 10.6. The normalized spacial score (nSPS) is 23.9. The van der Waals surface area contributed by atoms with Crippen LogP contribution in [0.1, 0.15) is 20.3 Å². The molecule has 18 heteroatoms. The van der Waals surface area contributed by atoms with Gasteiger partial charge in [-0.1, -0.05) is 0 Å². The van der Waals surface area contributed by atoms with Crippen LogP contribution in [0.15, 0.2) is 0 Å². The summed E-state index contributed by atoms with van der Waals surface area (Å²) in [6.45, 7) is -0.475. The summed E-state index contributed by atoms with van der Waals surface area (Å²) in [5.41, 5.74) is 0. The lowest BCUT2D eigenvalue weighted by Gasteiger charge is -2.45. The van der Waals surface area contributed by atoms with Gasteiger partial charge in [-0.3, -0.25) is 9.08 Å². The van der Waals surface area contributed by atoms with E-state index in [9.17, 15) is 56.3 Å². The lowest BCUT2D eigenvalue weighted by Crippen LogP contribution is -2.66. The summed E-state index contributed by atoms with van der Waals surface area (Å²) >= 11 is 0. The molecular weight excluding hydrogens is 499 g/mol. The molecule has 31 heavy (non-hydrogen) atoms. The van der Waals surface area contributed by atoms with Gasteiger partial charge in [0, 0.05) is 31.7 Å². The van der Waals surface area contributed by atoms with Gasteiger partial charge in [0.2, 0.25) is 0 Å². The van der Waals surface area contributed by atoms with Gasteiger partial charge < -0.3 is 0 Å². The average Bonchev–Trinajstić information content (AvgIpc) is 2.59. The molecule has 1 aliphatic heterocycles. The first-order chi connectivity index (χ1) is 13.6. The molecule has 1 aliphatic rings. The number of alkyl halides is 9. The fraction of sp³-hybridized carbons (Fsp3) is 1.00. The zero-order valence-electron chi connectivity index (χ0n) is 16.1. The minimum atomic E-state index is -6.95. The Hall–Kier alpha value is -0.850. The Morgan fingerprint density at radius 1 is 0.839 bits per heavy atom. The number of hydrogen-bond acceptors (Lipinski definition) is 6. The Kier molecular flexibility index (Phi) is 7.72. The number of piperazine rings is 1.